The summed E-state index contributed by atoms with van der Waals surface area (Å²) >= 11 is 12.1. The molecule has 5 nitrogen and oxygen atoms in total. The normalized spacial score (nSPS) is 16.0. The topological polar surface area (TPSA) is 81.4 Å². The average Bonchev–Trinajstić information content (AvgIpc) is 2.84. The molecular weight excluding hydrogens is 351 g/mol. The molecule has 0 spiro atoms. The number of benzene rings is 2. The molecule has 1 aliphatic heterocycles. The van der Waals surface area contributed by atoms with Gasteiger partial charge in [0, 0.05) is 12.1 Å². The van der Waals surface area contributed by atoms with Gasteiger partial charge in [0.25, 0.3) is 5.91 Å². The van der Waals surface area contributed by atoms with Gasteiger partial charge in [-0.3, -0.25) is 4.79 Å². The minimum atomic E-state index is -1.03. The standard InChI is InChI=1S/C17H10Cl2N2O3/c18-12-6-5-11-13(7-20)21(16(22)14(11)15(12)19)8-9-1-3-10(4-2-9)17(23)24/h1-6,13H,8H2,(H,23,24). The van der Waals surface area contributed by atoms with E-state index < -0.39 is 12.0 Å². The first-order valence-electron chi connectivity index (χ1n) is 6.94. The highest BCUT2D eigenvalue weighted by molar-refractivity contribution is 6.44. The predicted molar refractivity (Wildman–Crippen MR) is 88.1 cm³/mol. The fourth-order valence-electron chi connectivity index (χ4n) is 2.69. The fourth-order valence-corrected chi connectivity index (χ4v) is 3.10. The van der Waals surface area contributed by atoms with Gasteiger partial charge in [0.15, 0.2) is 0 Å². The van der Waals surface area contributed by atoms with E-state index in [-0.39, 0.29) is 33.6 Å². The first kappa shape index (κ1) is 16.3. The van der Waals surface area contributed by atoms with Gasteiger partial charge >= 0.3 is 5.97 Å². The third-order valence-corrected chi connectivity index (χ3v) is 4.69. The lowest BCUT2D eigenvalue weighted by Crippen LogP contribution is -2.27. The van der Waals surface area contributed by atoms with Gasteiger partial charge in [-0.15, -0.1) is 0 Å². The quantitative estimate of drug-likeness (QED) is 0.899. The molecule has 2 aromatic rings. The largest absolute Gasteiger partial charge is 0.478 e. The number of carbonyl (C=O) groups is 2. The zero-order valence-corrected chi connectivity index (χ0v) is 13.7. The highest BCUT2D eigenvalue weighted by atomic mass is 35.5. The summed E-state index contributed by atoms with van der Waals surface area (Å²) in [5.41, 5.74) is 1.64. The summed E-state index contributed by atoms with van der Waals surface area (Å²) in [7, 11) is 0. The van der Waals surface area contributed by atoms with Crippen LogP contribution in [0, 0.1) is 11.3 Å². The van der Waals surface area contributed by atoms with Crippen LogP contribution in [0.1, 0.15) is 37.9 Å². The van der Waals surface area contributed by atoms with Crippen molar-refractivity contribution in [2.75, 3.05) is 0 Å². The van der Waals surface area contributed by atoms with Crippen LogP contribution in [0.15, 0.2) is 36.4 Å². The minimum absolute atomic E-state index is 0.142. The number of carbonyl (C=O) groups excluding carboxylic acids is 1. The van der Waals surface area contributed by atoms with Crippen molar-refractivity contribution >= 4 is 35.1 Å². The fraction of sp³-hybridized carbons (Fsp3) is 0.118. The Labute approximate surface area is 147 Å². The summed E-state index contributed by atoms with van der Waals surface area (Å²) < 4.78 is 0. The van der Waals surface area contributed by atoms with E-state index in [1.165, 1.54) is 17.0 Å². The van der Waals surface area contributed by atoms with E-state index in [2.05, 4.69) is 6.07 Å². The zero-order valence-electron chi connectivity index (χ0n) is 12.2. The van der Waals surface area contributed by atoms with Crippen molar-refractivity contribution < 1.29 is 14.7 Å². The maximum atomic E-state index is 12.7. The van der Waals surface area contributed by atoms with E-state index in [1.54, 1.807) is 24.3 Å². The van der Waals surface area contributed by atoms with Crippen molar-refractivity contribution in [2.45, 2.75) is 12.6 Å². The summed E-state index contributed by atoms with van der Waals surface area (Å²) in [6.45, 7) is 0.166. The van der Waals surface area contributed by atoms with Crippen molar-refractivity contribution in [3.05, 3.63) is 68.7 Å². The molecule has 120 valence electrons. The van der Waals surface area contributed by atoms with Crippen LogP contribution in [0.4, 0.5) is 0 Å². The molecule has 1 heterocycles. The van der Waals surface area contributed by atoms with Crippen molar-refractivity contribution in [2.24, 2.45) is 0 Å². The van der Waals surface area contributed by atoms with Gasteiger partial charge in [0.2, 0.25) is 0 Å². The van der Waals surface area contributed by atoms with Crippen LogP contribution < -0.4 is 0 Å². The van der Waals surface area contributed by atoms with E-state index in [0.29, 0.717) is 11.1 Å². The maximum Gasteiger partial charge on any atom is 0.335 e. The lowest BCUT2D eigenvalue weighted by molar-refractivity contribution is 0.0694. The van der Waals surface area contributed by atoms with Gasteiger partial charge < -0.3 is 10.0 Å². The molecule has 0 fully saturated rings. The van der Waals surface area contributed by atoms with Crippen LogP contribution in [-0.2, 0) is 6.54 Å². The maximum absolute atomic E-state index is 12.7. The van der Waals surface area contributed by atoms with Crippen LogP contribution in [0.3, 0.4) is 0 Å². The number of nitriles is 1. The van der Waals surface area contributed by atoms with Crippen LogP contribution in [0.25, 0.3) is 0 Å². The smallest absolute Gasteiger partial charge is 0.335 e. The molecular formula is C17H10Cl2N2O3. The number of hydrogen-bond donors (Lipinski definition) is 1. The molecule has 1 unspecified atom stereocenters. The Kier molecular flexibility index (Phi) is 4.18. The highest BCUT2D eigenvalue weighted by Gasteiger charge is 2.39. The molecule has 1 amide bonds. The molecule has 0 saturated carbocycles. The SMILES string of the molecule is N#CC1c2ccc(Cl)c(Cl)c2C(=O)N1Cc1ccc(C(=O)O)cc1. The Morgan fingerprint density at radius 3 is 2.46 bits per heavy atom. The van der Waals surface area contributed by atoms with Crippen molar-refractivity contribution in [1.29, 1.82) is 5.26 Å². The number of carboxylic acids is 1. The molecule has 0 aliphatic carbocycles. The third kappa shape index (κ3) is 2.60. The number of aromatic carboxylic acids is 1. The summed E-state index contributed by atoms with van der Waals surface area (Å²) in [4.78, 5) is 24.9. The summed E-state index contributed by atoms with van der Waals surface area (Å²) in [6, 6.07) is 10.7. The molecule has 0 aromatic heterocycles. The molecule has 24 heavy (non-hydrogen) atoms. The minimum Gasteiger partial charge on any atom is -0.478 e. The Bertz CT molecular complexity index is 888. The number of carboxylic acid groups (broad SMARTS) is 1. The lowest BCUT2D eigenvalue weighted by atomic mass is 10.1. The summed E-state index contributed by atoms with van der Waals surface area (Å²) in [5, 5.41) is 18.8. The van der Waals surface area contributed by atoms with Gasteiger partial charge in [-0.1, -0.05) is 41.4 Å². The summed E-state index contributed by atoms with van der Waals surface area (Å²) in [6.07, 6.45) is 0. The molecule has 0 radical (unpaired) electrons. The Morgan fingerprint density at radius 2 is 1.88 bits per heavy atom. The molecule has 1 N–H and O–H groups in total. The molecule has 1 atom stereocenters. The summed E-state index contributed by atoms with van der Waals surface area (Å²) in [5.74, 6) is -1.39. The van der Waals surface area contributed by atoms with Crippen molar-refractivity contribution in [1.82, 2.24) is 4.90 Å². The average molecular weight is 361 g/mol. The Balaban J connectivity index is 1.95. The first-order chi connectivity index (χ1) is 11.4. The van der Waals surface area contributed by atoms with Gasteiger partial charge in [0.05, 0.1) is 27.2 Å². The second-order valence-corrected chi connectivity index (χ2v) is 6.08. The van der Waals surface area contributed by atoms with Gasteiger partial charge in [0.1, 0.15) is 6.04 Å². The number of nitrogens with zero attached hydrogens (tertiary/aromatic N) is 2. The van der Waals surface area contributed by atoms with Crippen LogP contribution in [0.5, 0.6) is 0 Å². The monoisotopic (exact) mass is 360 g/mol. The molecule has 0 bridgehead atoms. The van der Waals surface area contributed by atoms with Crippen LogP contribution in [0.2, 0.25) is 10.0 Å². The van der Waals surface area contributed by atoms with E-state index in [1.807, 2.05) is 0 Å². The van der Waals surface area contributed by atoms with Crippen LogP contribution >= 0.6 is 23.2 Å². The van der Waals surface area contributed by atoms with Crippen LogP contribution in [-0.4, -0.2) is 21.9 Å². The van der Waals surface area contributed by atoms with E-state index in [9.17, 15) is 14.9 Å². The van der Waals surface area contributed by atoms with E-state index in [0.717, 1.165) is 0 Å². The lowest BCUT2D eigenvalue weighted by Gasteiger charge is -2.20. The number of hydrogen-bond acceptors (Lipinski definition) is 3. The second kappa shape index (κ2) is 6.16. The second-order valence-electron chi connectivity index (χ2n) is 5.29. The van der Waals surface area contributed by atoms with Gasteiger partial charge in [-0.05, 0) is 23.8 Å². The van der Waals surface area contributed by atoms with E-state index >= 15 is 0 Å². The van der Waals surface area contributed by atoms with Gasteiger partial charge in [-0.2, -0.15) is 5.26 Å². The number of halogens is 2. The number of fused-ring (bicyclic) bond motifs is 1. The number of amides is 1. The first-order valence-corrected chi connectivity index (χ1v) is 7.70. The Hall–Kier alpha value is -2.55. The molecule has 3 rings (SSSR count). The Morgan fingerprint density at radius 1 is 1.21 bits per heavy atom. The van der Waals surface area contributed by atoms with Gasteiger partial charge in [-0.25, -0.2) is 4.79 Å². The van der Waals surface area contributed by atoms with Crippen molar-refractivity contribution in [3.63, 3.8) is 0 Å². The zero-order chi connectivity index (χ0) is 17.4. The highest BCUT2D eigenvalue weighted by Crippen LogP contribution is 2.40. The predicted octanol–water partition coefficient (Wildman–Crippen LogP) is 3.91. The van der Waals surface area contributed by atoms with Crippen molar-refractivity contribution in [3.8, 4) is 6.07 Å². The molecule has 2 aromatic carbocycles. The molecule has 7 heteroatoms. The third-order valence-electron chi connectivity index (χ3n) is 3.88. The molecule has 0 saturated heterocycles. The molecule has 1 aliphatic rings. The van der Waals surface area contributed by atoms with E-state index in [4.69, 9.17) is 28.3 Å². The number of rotatable bonds is 3.